The van der Waals surface area contributed by atoms with E-state index in [1.54, 1.807) is 4.90 Å². The first-order chi connectivity index (χ1) is 11.6. The van der Waals surface area contributed by atoms with E-state index >= 15 is 0 Å². The van der Waals surface area contributed by atoms with E-state index in [2.05, 4.69) is 4.90 Å². The molecule has 0 aromatic heterocycles. The van der Waals surface area contributed by atoms with Crippen LogP contribution in [-0.4, -0.2) is 55.6 Å². The number of carbonyl (C=O) groups excluding carboxylic acids is 2. The smallest absolute Gasteiger partial charge is 0.254 e. The first kappa shape index (κ1) is 16.8. The summed E-state index contributed by atoms with van der Waals surface area (Å²) in [5.41, 5.74) is 7.19. The van der Waals surface area contributed by atoms with Gasteiger partial charge in [0.15, 0.2) is 0 Å². The van der Waals surface area contributed by atoms with E-state index in [0.717, 1.165) is 44.8 Å². The van der Waals surface area contributed by atoms with Crippen molar-refractivity contribution in [3.05, 3.63) is 29.8 Å². The molecule has 0 radical (unpaired) electrons. The third kappa shape index (κ3) is 3.53. The van der Waals surface area contributed by atoms with Crippen LogP contribution in [0.3, 0.4) is 0 Å². The number of benzene rings is 1. The average Bonchev–Trinajstić information content (AvgIpc) is 2.62. The summed E-state index contributed by atoms with van der Waals surface area (Å²) in [6.45, 7) is 5.66. The molecule has 0 aliphatic carbocycles. The summed E-state index contributed by atoms with van der Waals surface area (Å²) in [5, 5.41) is 0. The molecule has 1 aromatic rings. The summed E-state index contributed by atoms with van der Waals surface area (Å²) in [6, 6.07) is 7.84. The van der Waals surface area contributed by atoms with E-state index in [1.165, 1.54) is 0 Å². The third-order valence-electron chi connectivity index (χ3n) is 5.04. The molecule has 0 bridgehead atoms. The minimum Gasteiger partial charge on any atom is -0.378 e. The molecule has 2 saturated heterocycles. The molecule has 0 unspecified atom stereocenters. The van der Waals surface area contributed by atoms with Crippen LogP contribution in [0.2, 0.25) is 0 Å². The Kier molecular flexibility index (Phi) is 5.04. The second-order valence-electron chi connectivity index (χ2n) is 6.63. The molecular formula is C18H25N3O3. The predicted molar refractivity (Wildman–Crippen MR) is 91.9 cm³/mol. The number of rotatable bonds is 3. The molecule has 2 heterocycles. The van der Waals surface area contributed by atoms with Crippen LogP contribution >= 0.6 is 0 Å². The Morgan fingerprint density at radius 2 is 1.79 bits per heavy atom. The summed E-state index contributed by atoms with van der Waals surface area (Å²) in [7, 11) is 0. The van der Waals surface area contributed by atoms with Crippen molar-refractivity contribution in [1.29, 1.82) is 0 Å². The predicted octanol–water partition coefficient (Wildman–Crippen LogP) is 1.25. The summed E-state index contributed by atoms with van der Waals surface area (Å²) >= 11 is 0. The lowest BCUT2D eigenvalue weighted by atomic mass is 9.92. The maximum atomic E-state index is 12.8. The summed E-state index contributed by atoms with van der Waals surface area (Å²) < 4.78 is 5.36. The Hall–Kier alpha value is -2.08. The Labute approximate surface area is 142 Å². The lowest BCUT2D eigenvalue weighted by Gasteiger charge is -2.37. The van der Waals surface area contributed by atoms with Gasteiger partial charge in [-0.2, -0.15) is 0 Å². The van der Waals surface area contributed by atoms with Gasteiger partial charge < -0.3 is 20.3 Å². The number of carbonyl (C=O) groups is 2. The minimum atomic E-state index is -0.317. The number of morpholine rings is 1. The van der Waals surface area contributed by atoms with Gasteiger partial charge in [0.1, 0.15) is 0 Å². The maximum absolute atomic E-state index is 12.8. The zero-order chi connectivity index (χ0) is 17.1. The first-order valence-corrected chi connectivity index (χ1v) is 8.59. The molecular weight excluding hydrogens is 306 g/mol. The second-order valence-corrected chi connectivity index (χ2v) is 6.63. The molecule has 0 spiro atoms. The highest BCUT2D eigenvalue weighted by molar-refractivity contribution is 5.95. The molecule has 6 heteroatoms. The molecule has 0 saturated carbocycles. The van der Waals surface area contributed by atoms with Crippen LogP contribution in [0.1, 0.15) is 30.1 Å². The van der Waals surface area contributed by atoms with E-state index < -0.39 is 0 Å². The molecule has 3 rings (SSSR count). The molecule has 2 fully saturated rings. The normalized spacial score (nSPS) is 24.7. The standard InChI is InChI=1S/C18H25N3O3/c1-13-2-3-15(17(19)22)12-21(13)18(23)14-4-6-16(7-5-14)20-8-10-24-11-9-20/h4-7,13,15H,2-3,8-12H2,1H3,(H2,19,22)/t13-,15-/m1/s1. The number of hydrogen-bond donors (Lipinski definition) is 1. The number of amides is 2. The number of nitrogens with two attached hydrogens (primary N) is 1. The molecule has 24 heavy (non-hydrogen) atoms. The Bertz CT molecular complexity index is 596. The Morgan fingerprint density at radius 1 is 1.12 bits per heavy atom. The van der Waals surface area contributed by atoms with E-state index in [-0.39, 0.29) is 23.8 Å². The van der Waals surface area contributed by atoms with Crippen LogP contribution < -0.4 is 10.6 Å². The van der Waals surface area contributed by atoms with Gasteiger partial charge in [-0.3, -0.25) is 9.59 Å². The number of nitrogens with zero attached hydrogens (tertiary/aromatic N) is 2. The van der Waals surface area contributed by atoms with E-state index in [0.29, 0.717) is 12.1 Å². The van der Waals surface area contributed by atoms with Crippen molar-refractivity contribution in [3.63, 3.8) is 0 Å². The maximum Gasteiger partial charge on any atom is 0.254 e. The quantitative estimate of drug-likeness (QED) is 0.904. The zero-order valence-corrected chi connectivity index (χ0v) is 14.1. The van der Waals surface area contributed by atoms with Gasteiger partial charge in [0.2, 0.25) is 5.91 Å². The van der Waals surface area contributed by atoms with Gasteiger partial charge in [0, 0.05) is 36.9 Å². The van der Waals surface area contributed by atoms with Crippen molar-refractivity contribution < 1.29 is 14.3 Å². The largest absolute Gasteiger partial charge is 0.378 e. The van der Waals surface area contributed by atoms with Crippen LogP contribution in [0.15, 0.2) is 24.3 Å². The number of ether oxygens (including phenoxy) is 1. The van der Waals surface area contributed by atoms with Gasteiger partial charge >= 0.3 is 0 Å². The van der Waals surface area contributed by atoms with E-state index in [9.17, 15) is 9.59 Å². The van der Waals surface area contributed by atoms with Gasteiger partial charge in [-0.05, 0) is 44.0 Å². The number of primary amides is 1. The second kappa shape index (κ2) is 7.21. The monoisotopic (exact) mass is 331 g/mol. The van der Waals surface area contributed by atoms with Gasteiger partial charge in [0.25, 0.3) is 5.91 Å². The molecule has 2 N–H and O–H groups in total. The highest BCUT2D eigenvalue weighted by Crippen LogP contribution is 2.24. The lowest BCUT2D eigenvalue weighted by Crippen LogP contribution is -2.48. The SMILES string of the molecule is C[C@@H]1CC[C@@H](C(N)=O)CN1C(=O)c1ccc(N2CCOCC2)cc1. The lowest BCUT2D eigenvalue weighted by molar-refractivity contribution is -0.123. The van der Waals surface area contributed by atoms with Crippen molar-refractivity contribution >= 4 is 17.5 Å². The number of anilines is 1. The zero-order valence-electron chi connectivity index (χ0n) is 14.1. The average molecular weight is 331 g/mol. The van der Waals surface area contributed by atoms with Crippen LogP contribution in [0, 0.1) is 5.92 Å². The summed E-state index contributed by atoms with van der Waals surface area (Å²) in [6.07, 6.45) is 1.57. The number of likely N-dealkylation sites (tertiary alicyclic amines) is 1. The van der Waals surface area contributed by atoms with Crippen molar-refractivity contribution in [2.75, 3.05) is 37.7 Å². The Morgan fingerprint density at radius 3 is 2.42 bits per heavy atom. The molecule has 130 valence electrons. The van der Waals surface area contributed by atoms with Crippen LogP contribution in [0.25, 0.3) is 0 Å². The van der Waals surface area contributed by atoms with E-state index in [4.69, 9.17) is 10.5 Å². The van der Waals surface area contributed by atoms with Gasteiger partial charge in [-0.1, -0.05) is 0 Å². The first-order valence-electron chi connectivity index (χ1n) is 8.59. The Balaban J connectivity index is 1.70. The summed E-state index contributed by atoms with van der Waals surface area (Å²) in [5.74, 6) is -0.581. The fourth-order valence-corrected chi connectivity index (χ4v) is 3.42. The molecule has 6 nitrogen and oxygen atoms in total. The van der Waals surface area contributed by atoms with Crippen LogP contribution in [-0.2, 0) is 9.53 Å². The van der Waals surface area contributed by atoms with Crippen molar-refractivity contribution in [3.8, 4) is 0 Å². The van der Waals surface area contributed by atoms with Gasteiger partial charge in [-0.15, -0.1) is 0 Å². The molecule has 2 aliphatic heterocycles. The molecule has 2 aliphatic rings. The molecule has 1 aromatic carbocycles. The van der Waals surface area contributed by atoms with Crippen molar-refractivity contribution in [2.24, 2.45) is 11.7 Å². The molecule has 2 atom stereocenters. The highest BCUT2D eigenvalue weighted by Gasteiger charge is 2.32. The minimum absolute atomic E-state index is 0.0259. The van der Waals surface area contributed by atoms with Crippen molar-refractivity contribution in [2.45, 2.75) is 25.8 Å². The van der Waals surface area contributed by atoms with Crippen LogP contribution in [0.4, 0.5) is 5.69 Å². The number of hydrogen-bond acceptors (Lipinski definition) is 4. The fourth-order valence-electron chi connectivity index (χ4n) is 3.42. The highest BCUT2D eigenvalue weighted by atomic mass is 16.5. The topological polar surface area (TPSA) is 75.9 Å². The molecule has 2 amide bonds. The fraction of sp³-hybridized carbons (Fsp3) is 0.556. The van der Waals surface area contributed by atoms with Crippen molar-refractivity contribution in [1.82, 2.24) is 4.90 Å². The van der Waals surface area contributed by atoms with Crippen LogP contribution in [0.5, 0.6) is 0 Å². The van der Waals surface area contributed by atoms with E-state index in [1.807, 2.05) is 31.2 Å². The third-order valence-corrected chi connectivity index (χ3v) is 5.04. The van der Waals surface area contributed by atoms with Gasteiger partial charge in [-0.25, -0.2) is 0 Å². The van der Waals surface area contributed by atoms with Gasteiger partial charge in [0.05, 0.1) is 19.1 Å². The summed E-state index contributed by atoms with van der Waals surface area (Å²) in [4.78, 5) is 28.3. The number of piperidine rings is 1.